The first-order valence-corrected chi connectivity index (χ1v) is 9.45. The summed E-state index contributed by atoms with van der Waals surface area (Å²) in [7, 11) is 1.89. The van der Waals surface area contributed by atoms with E-state index in [9.17, 15) is 5.11 Å². The summed E-state index contributed by atoms with van der Waals surface area (Å²) in [5.74, 6) is 0.180. The third-order valence-corrected chi connectivity index (χ3v) is 5.99. The number of nitrogens with zero attached hydrogens (tertiary/aromatic N) is 4. The fourth-order valence-corrected chi connectivity index (χ4v) is 4.56. The van der Waals surface area contributed by atoms with Crippen molar-refractivity contribution < 1.29 is 9.84 Å². The van der Waals surface area contributed by atoms with Crippen LogP contribution in [-0.4, -0.2) is 38.1 Å². The standard InChI is InChI=1S/C19H18N4O2S/c1-23-9-14-6-13(8-20-18(14)22-23)15-3-2-11-7-16(26-19(11)21-15)17(24)12-4-5-25-10-12/h2-3,6-9,12,17,24H,4-5,10H2,1H3/t12-,17-/m1/s1. The number of aliphatic hydroxyl groups is 1. The molecule has 0 aliphatic carbocycles. The molecule has 1 saturated heterocycles. The summed E-state index contributed by atoms with van der Waals surface area (Å²) in [6.07, 6.45) is 4.19. The Hall–Kier alpha value is -2.35. The Morgan fingerprint density at radius 2 is 2.23 bits per heavy atom. The Bertz CT molecular complexity index is 1100. The minimum atomic E-state index is -0.478. The molecule has 0 spiro atoms. The van der Waals surface area contributed by atoms with Crippen LogP contribution in [-0.2, 0) is 11.8 Å². The van der Waals surface area contributed by atoms with E-state index in [2.05, 4.69) is 22.2 Å². The van der Waals surface area contributed by atoms with E-state index < -0.39 is 6.10 Å². The van der Waals surface area contributed by atoms with Gasteiger partial charge in [-0.05, 0) is 30.7 Å². The molecule has 0 bridgehead atoms. The van der Waals surface area contributed by atoms with Gasteiger partial charge in [-0.25, -0.2) is 9.97 Å². The van der Waals surface area contributed by atoms with E-state index in [1.807, 2.05) is 31.6 Å². The second kappa shape index (κ2) is 6.12. The van der Waals surface area contributed by atoms with Crippen LogP contribution in [0.2, 0.25) is 0 Å². The largest absolute Gasteiger partial charge is 0.387 e. The monoisotopic (exact) mass is 366 g/mol. The summed E-state index contributed by atoms with van der Waals surface area (Å²) >= 11 is 1.56. The number of hydrogen-bond acceptors (Lipinski definition) is 6. The molecule has 1 aliphatic rings. The molecule has 4 aromatic rings. The highest BCUT2D eigenvalue weighted by atomic mass is 32.1. The van der Waals surface area contributed by atoms with Crippen LogP contribution in [0, 0.1) is 5.92 Å². The van der Waals surface area contributed by atoms with Crippen LogP contribution in [0.1, 0.15) is 17.4 Å². The summed E-state index contributed by atoms with van der Waals surface area (Å²) in [6, 6.07) is 8.16. The van der Waals surface area contributed by atoms with Gasteiger partial charge in [-0.2, -0.15) is 5.10 Å². The van der Waals surface area contributed by atoms with Crippen LogP contribution in [0.4, 0.5) is 0 Å². The van der Waals surface area contributed by atoms with Gasteiger partial charge >= 0.3 is 0 Å². The van der Waals surface area contributed by atoms with Crippen molar-refractivity contribution in [3.05, 3.63) is 41.5 Å². The van der Waals surface area contributed by atoms with E-state index in [-0.39, 0.29) is 5.92 Å². The van der Waals surface area contributed by atoms with Crippen molar-refractivity contribution in [3.8, 4) is 11.3 Å². The van der Waals surface area contributed by atoms with Gasteiger partial charge < -0.3 is 9.84 Å². The Labute approximate surface area is 154 Å². The highest BCUT2D eigenvalue weighted by Gasteiger charge is 2.26. The van der Waals surface area contributed by atoms with Gasteiger partial charge in [0.05, 0.1) is 18.4 Å². The van der Waals surface area contributed by atoms with Gasteiger partial charge in [0, 0.05) is 53.2 Å². The zero-order chi connectivity index (χ0) is 17.7. The van der Waals surface area contributed by atoms with Crippen LogP contribution in [0.5, 0.6) is 0 Å². The predicted molar refractivity (Wildman–Crippen MR) is 101 cm³/mol. The van der Waals surface area contributed by atoms with E-state index in [4.69, 9.17) is 9.72 Å². The maximum atomic E-state index is 10.6. The van der Waals surface area contributed by atoms with Crippen LogP contribution in [0.25, 0.3) is 32.5 Å². The van der Waals surface area contributed by atoms with Gasteiger partial charge in [0.15, 0.2) is 5.65 Å². The van der Waals surface area contributed by atoms with E-state index in [0.717, 1.165) is 50.4 Å². The third kappa shape index (κ3) is 2.68. The summed E-state index contributed by atoms with van der Waals surface area (Å²) < 4.78 is 7.16. The number of aliphatic hydroxyl groups excluding tert-OH is 1. The van der Waals surface area contributed by atoms with Crippen molar-refractivity contribution in [2.45, 2.75) is 12.5 Å². The minimum absolute atomic E-state index is 0.180. The number of aryl methyl sites for hydroxylation is 1. The van der Waals surface area contributed by atoms with Gasteiger partial charge in [0.25, 0.3) is 0 Å². The lowest BCUT2D eigenvalue weighted by Gasteiger charge is -2.13. The lowest BCUT2D eigenvalue weighted by atomic mass is 10.0. The molecule has 0 radical (unpaired) electrons. The molecule has 0 amide bonds. The van der Waals surface area contributed by atoms with Crippen molar-refractivity contribution in [2.24, 2.45) is 13.0 Å². The fraction of sp³-hybridized carbons (Fsp3) is 0.316. The molecule has 2 atom stereocenters. The van der Waals surface area contributed by atoms with Crippen LogP contribution in [0.3, 0.4) is 0 Å². The minimum Gasteiger partial charge on any atom is -0.387 e. The predicted octanol–water partition coefficient (Wildman–Crippen LogP) is 3.31. The molecule has 0 saturated carbocycles. The maximum absolute atomic E-state index is 10.6. The molecule has 5 rings (SSSR count). The summed E-state index contributed by atoms with van der Waals surface area (Å²) in [6.45, 7) is 1.36. The Morgan fingerprint density at radius 1 is 1.31 bits per heavy atom. The highest BCUT2D eigenvalue weighted by Crippen LogP contribution is 2.36. The molecule has 6 nitrogen and oxygen atoms in total. The first-order valence-electron chi connectivity index (χ1n) is 8.63. The molecule has 4 aromatic heterocycles. The molecule has 26 heavy (non-hydrogen) atoms. The summed E-state index contributed by atoms with van der Waals surface area (Å²) in [4.78, 5) is 11.1. The van der Waals surface area contributed by atoms with Gasteiger partial charge in [-0.1, -0.05) is 0 Å². The molecule has 5 heterocycles. The molecule has 1 fully saturated rings. The van der Waals surface area contributed by atoms with Gasteiger partial charge in [-0.3, -0.25) is 4.68 Å². The average molecular weight is 366 g/mol. The number of ether oxygens (including phenoxy) is 1. The summed E-state index contributed by atoms with van der Waals surface area (Å²) in [5.41, 5.74) is 2.58. The zero-order valence-corrected chi connectivity index (χ0v) is 15.1. The molecule has 1 N–H and O–H groups in total. The van der Waals surface area contributed by atoms with Crippen molar-refractivity contribution in [2.75, 3.05) is 13.2 Å². The fourth-order valence-electron chi connectivity index (χ4n) is 3.45. The van der Waals surface area contributed by atoms with E-state index in [1.54, 1.807) is 16.0 Å². The summed E-state index contributed by atoms with van der Waals surface area (Å²) in [5, 5.41) is 17.0. The zero-order valence-electron chi connectivity index (χ0n) is 14.3. The van der Waals surface area contributed by atoms with E-state index >= 15 is 0 Å². The molecule has 1 aliphatic heterocycles. The van der Waals surface area contributed by atoms with Crippen molar-refractivity contribution in [3.63, 3.8) is 0 Å². The van der Waals surface area contributed by atoms with Gasteiger partial charge in [0.1, 0.15) is 4.83 Å². The second-order valence-corrected chi connectivity index (χ2v) is 7.81. The van der Waals surface area contributed by atoms with Crippen LogP contribution in [0.15, 0.2) is 36.7 Å². The van der Waals surface area contributed by atoms with Crippen molar-refractivity contribution >= 4 is 32.6 Å². The van der Waals surface area contributed by atoms with Gasteiger partial charge in [0.2, 0.25) is 0 Å². The molecule has 132 valence electrons. The first kappa shape index (κ1) is 15.9. The topological polar surface area (TPSA) is 73.1 Å². The first-order chi connectivity index (χ1) is 12.7. The number of fused-ring (bicyclic) bond motifs is 2. The highest BCUT2D eigenvalue weighted by molar-refractivity contribution is 7.18. The number of thiophene rings is 1. The molecule has 0 unspecified atom stereocenters. The maximum Gasteiger partial charge on any atom is 0.181 e. The lowest BCUT2D eigenvalue weighted by molar-refractivity contribution is 0.0945. The van der Waals surface area contributed by atoms with Crippen molar-refractivity contribution in [1.82, 2.24) is 19.7 Å². The van der Waals surface area contributed by atoms with Crippen LogP contribution >= 0.6 is 11.3 Å². The van der Waals surface area contributed by atoms with Crippen LogP contribution < -0.4 is 0 Å². The quantitative estimate of drug-likeness (QED) is 0.602. The number of hydrogen-bond donors (Lipinski definition) is 1. The van der Waals surface area contributed by atoms with Gasteiger partial charge in [-0.15, -0.1) is 11.3 Å². The van der Waals surface area contributed by atoms with E-state index in [1.165, 1.54) is 0 Å². The normalized spacial score (nSPS) is 18.8. The molecular formula is C19H18N4O2S. The number of rotatable bonds is 3. The SMILES string of the molecule is Cn1cc2cc(-c3ccc4cc([C@H](O)[C@@H]5CCOC5)sc4n3)cnc2n1. The molecule has 7 heteroatoms. The number of aromatic nitrogens is 4. The Kier molecular flexibility index (Phi) is 3.74. The third-order valence-electron chi connectivity index (χ3n) is 4.87. The van der Waals surface area contributed by atoms with E-state index in [0.29, 0.717) is 6.61 Å². The smallest absolute Gasteiger partial charge is 0.181 e. The Balaban J connectivity index is 1.52. The number of pyridine rings is 2. The molecular weight excluding hydrogens is 348 g/mol. The Morgan fingerprint density at radius 3 is 3.08 bits per heavy atom. The second-order valence-electron chi connectivity index (χ2n) is 6.75. The average Bonchev–Trinajstić information content (AvgIpc) is 3.37. The lowest BCUT2D eigenvalue weighted by Crippen LogP contribution is -2.10. The van der Waals surface area contributed by atoms with Crippen molar-refractivity contribution in [1.29, 1.82) is 0 Å². The molecule has 0 aromatic carbocycles.